The summed E-state index contributed by atoms with van der Waals surface area (Å²) < 4.78 is 0.797. The Morgan fingerprint density at radius 1 is 1.47 bits per heavy atom. The molecule has 2 atom stereocenters. The summed E-state index contributed by atoms with van der Waals surface area (Å²) in [6.07, 6.45) is -2.53. The van der Waals surface area contributed by atoms with Crippen molar-refractivity contribution in [2.24, 2.45) is 5.73 Å². The average molecular weight is 274 g/mol. The Balaban J connectivity index is 2.75. The Labute approximate surface area is 95.8 Å². The van der Waals surface area contributed by atoms with E-state index in [2.05, 4.69) is 15.9 Å². The zero-order chi connectivity index (χ0) is 11.4. The summed E-state index contributed by atoms with van der Waals surface area (Å²) in [5.41, 5.74) is 5.46. The Morgan fingerprint density at radius 3 is 2.67 bits per heavy atom. The number of benzene rings is 1. The maximum Gasteiger partial charge on any atom is 0.220 e. The molecule has 4 N–H and O–H groups in total. The fourth-order valence-corrected chi connectivity index (χ4v) is 1.65. The summed E-state index contributed by atoms with van der Waals surface area (Å²) in [4.78, 5) is 10.6. The van der Waals surface area contributed by atoms with Crippen LogP contribution in [0, 0.1) is 0 Å². The Hall–Kier alpha value is -0.910. The van der Waals surface area contributed by atoms with Crippen LogP contribution < -0.4 is 5.73 Å². The van der Waals surface area contributed by atoms with Crippen LogP contribution in [0.2, 0.25) is 0 Å². The van der Waals surface area contributed by atoms with Gasteiger partial charge >= 0.3 is 0 Å². The lowest BCUT2D eigenvalue weighted by Crippen LogP contribution is -2.25. The molecule has 1 amide bonds. The lowest BCUT2D eigenvalue weighted by atomic mass is 10.0. The number of aliphatic hydroxyl groups excluding tert-OH is 2. The standard InChI is InChI=1S/C10H12BrNO3/c11-7-3-1-2-6(4-7)10(15)8(13)5-9(12)14/h1-4,8,10,13,15H,5H2,(H2,12,14). The molecule has 1 rings (SSSR count). The summed E-state index contributed by atoms with van der Waals surface area (Å²) in [6, 6.07) is 6.88. The maximum absolute atomic E-state index is 10.6. The normalized spacial score (nSPS) is 14.6. The first-order valence-corrected chi connectivity index (χ1v) is 5.20. The van der Waals surface area contributed by atoms with Crippen molar-refractivity contribution in [3.05, 3.63) is 34.3 Å². The van der Waals surface area contributed by atoms with Gasteiger partial charge in [0.15, 0.2) is 0 Å². The molecule has 0 spiro atoms. The molecule has 2 unspecified atom stereocenters. The van der Waals surface area contributed by atoms with Gasteiger partial charge in [0.25, 0.3) is 0 Å². The minimum Gasteiger partial charge on any atom is -0.390 e. The molecule has 0 saturated carbocycles. The number of carbonyl (C=O) groups is 1. The van der Waals surface area contributed by atoms with E-state index in [9.17, 15) is 15.0 Å². The van der Waals surface area contributed by atoms with Crippen LogP contribution in [0.15, 0.2) is 28.7 Å². The van der Waals surface area contributed by atoms with E-state index >= 15 is 0 Å². The number of carbonyl (C=O) groups excluding carboxylic acids is 1. The zero-order valence-corrected chi connectivity index (χ0v) is 9.52. The van der Waals surface area contributed by atoms with Gasteiger partial charge in [0.05, 0.1) is 12.5 Å². The number of rotatable bonds is 4. The first kappa shape index (κ1) is 12.2. The van der Waals surface area contributed by atoms with Gasteiger partial charge in [-0.1, -0.05) is 28.1 Å². The molecule has 0 radical (unpaired) electrons. The number of primary amides is 1. The molecule has 0 heterocycles. The highest BCUT2D eigenvalue weighted by Crippen LogP contribution is 2.21. The molecule has 5 heteroatoms. The zero-order valence-electron chi connectivity index (χ0n) is 7.93. The highest BCUT2D eigenvalue weighted by atomic mass is 79.9. The number of amides is 1. The predicted octanol–water partition coefficient (Wildman–Crippen LogP) is 0.719. The number of halogens is 1. The van der Waals surface area contributed by atoms with Gasteiger partial charge in [0.2, 0.25) is 5.91 Å². The van der Waals surface area contributed by atoms with Crippen molar-refractivity contribution in [1.29, 1.82) is 0 Å². The van der Waals surface area contributed by atoms with Gasteiger partial charge in [-0.05, 0) is 17.7 Å². The summed E-state index contributed by atoms with van der Waals surface area (Å²) in [6.45, 7) is 0. The first-order valence-electron chi connectivity index (χ1n) is 4.40. The van der Waals surface area contributed by atoms with Crippen molar-refractivity contribution in [1.82, 2.24) is 0 Å². The van der Waals surface area contributed by atoms with Crippen LogP contribution in [-0.2, 0) is 4.79 Å². The molecule has 1 aromatic carbocycles. The third-order valence-corrected chi connectivity index (χ3v) is 2.46. The van der Waals surface area contributed by atoms with Crippen LogP contribution >= 0.6 is 15.9 Å². The third-order valence-electron chi connectivity index (χ3n) is 1.96. The molecule has 0 aliphatic heterocycles. The second-order valence-electron chi connectivity index (χ2n) is 3.24. The van der Waals surface area contributed by atoms with Crippen LogP contribution in [-0.4, -0.2) is 22.2 Å². The molecule has 0 fully saturated rings. The van der Waals surface area contributed by atoms with Gasteiger partial charge in [-0.15, -0.1) is 0 Å². The number of hydrogen-bond donors (Lipinski definition) is 3. The molecular weight excluding hydrogens is 262 g/mol. The van der Waals surface area contributed by atoms with Crippen molar-refractivity contribution in [2.45, 2.75) is 18.6 Å². The first-order chi connectivity index (χ1) is 7.00. The number of hydrogen-bond acceptors (Lipinski definition) is 3. The molecule has 15 heavy (non-hydrogen) atoms. The molecule has 0 aliphatic rings. The van der Waals surface area contributed by atoms with Crippen molar-refractivity contribution in [2.75, 3.05) is 0 Å². The molecule has 82 valence electrons. The Morgan fingerprint density at radius 2 is 2.13 bits per heavy atom. The highest BCUT2D eigenvalue weighted by molar-refractivity contribution is 9.10. The maximum atomic E-state index is 10.6. The summed E-state index contributed by atoms with van der Waals surface area (Å²) in [5.74, 6) is -0.642. The second-order valence-corrected chi connectivity index (χ2v) is 4.15. The molecule has 0 aromatic heterocycles. The Kier molecular flexibility index (Phi) is 4.26. The average Bonchev–Trinajstić information content (AvgIpc) is 2.15. The third kappa shape index (κ3) is 3.62. The largest absolute Gasteiger partial charge is 0.390 e. The van der Waals surface area contributed by atoms with Gasteiger partial charge in [0, 0.05) is 4.47 Å². The quantitative estimate of drug-likeness (QED) is 0.756. The Bertz CT molecular complexity index is 356. The van der Waals surface area contributed by atoms with E-state index in [1.807, 2.05) is 0 Å². The van der Waals surface area contributed by atoms with Crippen molar-refractivity contribution in [3.8, 4) is 0 Å². The van der Waals surface area contributed by atoms with Crippen LogP contribution in [0.3, 0.4) is 0 Å². The minimum atomic E-state index is -1.17. The van der Waals surface area contributed by atoms with E-state index in [1.165, 1.54) is 0 Å². The van der Waals surface area contributed by atoms with Crippen molar-refractivity contribution < 1.29 is 15.0 Å². The summed E-state index contributed by atoms with van der Waals surface area (Å²) in [5, 5.41) is 19.2. The predicted molar refractivity (Wildman–Crippen MR) is 58.9 cm³/mol. The summed E-state index contributed by atoms with van der Waals surface area (Å²) in [7, 11) is 0. The molecule has 4 nitrogen and oxygen atoms in total. The lowest BCUT2D eigenvalue weighted by molar-refractivity contribution is -0.121. The van der Waals surface area contributed by atoms with Crippen LogP contribution in [0.4, 0.5) is 0 Å². The van der Waals surface area contributed by atoms with Crippen LogP contribution in [0.25, 0.3) is 0 Å². The monoisotopic (exact) mass is 273 g/mol. The lowest BCUT2D eigenvalue weighted by Gasteiger charge is -2.16. The molecular formula is C10H12BrNO3. The van der Waals surface area contributed by atoms with Gasteiger partial charge in [-0.3, -0.25) is 4.79 Å². The molecule has 0 aliphatic carbocycles. The van der Waals surface area contributed by atoms with Crippen LogP contribution in [0.1, 0.15) is 18.1 Å². The van der Waals surface area contributed by atoms with Crippen molar-refractivity contribution >= 4 is 21.8 Å². The van der Waals surface area contributed by atoms with Gasteiger partial charge in [0.1, 0.15) is 6.10 Å². The topological polar surface area (TPSA) is 83.6 Å². The fourth-order valence-electron chi connectivity index (χ4n) is 1.23. The van der Waals surface area contributed by atoms with E-state index in [0.29, 0.717) is 5.56 Å². The molecule has 1 aromatic rings. The van der Waals surface area contributed by atoms with E-state index < -0.39 is 18.1 Å². The van der Waals surface area contributed by atoms with E-state index in [4.69, 9.17) is 5.73 Å². The van der Waals surface area contributed by atoms with E-state index in [1.54, 1.807) is 24.3 Å². The van der Waals surface area contributed by atoms with Gasteiger partial charge in [-0.2, -0.15) is 0 Å². The fraction of sp³-hybridized carbons (Fsp3) is 0.300. The van der Waals surface area contributed by atoms with Crippen molar-refractivity contribution in [3.63, 3.8) is 0 Å². The smallest absolute Gasteiger partial charge is 0.220 e. The highest BCUT2D eigenvalue weighted by Gasteiger charge is 2.20. The SMILES string of the molecule is NC(=O)CC(O)C(O)c1cccc(Br)c1. The van der Waals surface area contributed by atoms with E-state index in [-0.39, 0.29) is 6.42 Å². The minimum absolute atomic E-state index is 0.256. The number of nitrogens with two attached hydrogens (primary N) is 1. The molecule has 0 saturated heterocycles. The van der Waals surface area contributed by atoms with E-state index in [0.717, 1.165) is 4.47 Å². The summed E-state index contributed by atoms with van der Waals surface area (Å²) >= 11 is 3.25. The molecule has 0 bridgehead atoms. The van der Waals surface area contributed by atoms with Gasteiger partial charge < -0.3 is 15.9 Å². The van der Waals surface area contributed by atoms with Crippen LogP contribution in [0.5, 0.6) is 0 Å². The van der Waals surface area contributed by atoms with Gasteiger partial charge in [-0.25, -0.2) is 0 Å². The number of aliphatic hydroxyl groups is 2. The second kappa shape index (κ2) is 5.25.